The van der Waals surface area contributed by atoms with E-state index >= 15 is 0 Å². The van der Waals surface area contributed by atoms with Crippen molar-refractivity contribution in [2.45, 2.75) is 106 Å². The zero-order valence-corrected chi connectivity index (χ0v) is 28.1. The molecule has 6 nitrogen and oxygen atoms in total. The number of phenolic OH excluding ortho intramolecular Hbond substituents is 1. The summed E-state index contributed by atoms with van der Waals surface area (Å²) in [5.74, 6) is 2.61. The Hall–Kier alpha value is -3.35. The van der Waals surface area contributed by atoms with Gasteiger partial charge in [-0.25, -0.2) is 0 Å². The average Bonchev–Trinajstić information content (AvgIpc) is 3.46. The summed E-state index contributed by atoms with van der Waals surface area (Å²) in [4.78, 5) is 17.8. The molecule has 4 aliphatic heterocycles. The number of ether oxygens (including phenoxy) is 2. The molecule has 5 spiro atoms. The van der Waals surface area contributed by atoms with Gasteiger partial charge >= 0.3 is 0 Å². The van der Waals surface area contributed by atoms with Gasteiger partial charge < -0.3 is 14.6 Å². The van der Waals surface area contributed by atoms with E-state index in [1.165, 1.54) is 45.4 Å². The standard InChI is InChI=1S/C23H25NO2.C18H17NO2/c1-12-5-6-14-9-22-11-23-16(14)17(12)26-19(23)20(3)7-8-21(23,18(22)24(22)4)10-15(20)13(2)25;1-9-3-5-11-15-17(19(15)2)7-10-4-6-12(20)14-13(10)18(11,8-17)16(9)21-14/h5-8,15,18-19H,9-11H2,1-4H3;3-6,15-16,20H,7-8H2,1-2H3/t15?,18-,19?,20?,21?,22+,23-,24?;15-,16?,17+,18-,19?/m00/s1. The van der Waals surface area contributed by atoms with Gasteiger partial charge in [0.1, 0.15) is 23.7 Å². The van der Waals surface area contributed by atoms with Crippen molar-refractivity contribution in [3.63, 3.8) is 0 Å². The van der Waals surface area contributed by atoms with Crippen LogP contribution in [0.1, 0.15) is 67.9 Å². The lowest BCUT2D eigenvalue weighted by Crippen LogP contribution is -2.68. The summed E-state index contributed by atoms with van der Waals surface area (Å²) in [5, 5.41) is 10.3. The Morgan fingerprint density at radius 3 is 2.49 bits per heavy atom. The fourth-order valence-corrected chi connectivity index (χ4v) is 14.6. The summed E-state index contributed by atoms with van der Waals surface area (Å²) in [7, 11) is 4.55. The Kier molecular flexibility index (Phi) is 4.05. The molecular weight excluding hydrogens is 584 g/mol. The molecule has 1 N–H and O–H groups in total. The highest BCUT2D eigenvalue weighted by atomic mass is 16.5. The Balaban J connectivity index is 0.000000113. The van der Waals surface area contributed by atoms with Crippen LogP contribution >= 0.6 is 0 Å². The molecule has 2 aromatic carbocycles. The Morgan fingerprint density at radius 2 is 1.68 bits per heavy atom. The number of rotatable bonds is 1. The number of nitrogens with zero attached hydrogens (tertiary/aromatic N) is 2. The maximum atomic E-state index is 12.7. The maximum absolute atomic E-state index is 12.7. The van der Waals surface area contributed by atoms with E-state index in [0.717, 1.165) is 37.2 Å². The molecule has 7 unspecified atom stereocenters. The number of carbonyl (C=O) groups excluding carboxylic acids is 1. The second kappa shape index (κ2) is 7.16. The molecule has 0 radical (unpaired) electrons. The van der Waals surface area contributed by atoms with Crippen LogP contribution in [-0.2, 0) is 28.5 Å². The smallest absolute Gasteiger partial charge is 0.166 e. The first-order valence-corrected chi connectivity index (χ1v) is 17.8. The molecule has 240 valence electrons. The van der Waals surface area contributed by atoms with E-state index in [1.54, 1.807) is 6.92 Å². The lowest BCUT2D eigenvalue weighted by Gasteiger charge is -2.63. The number of allylic oxidation sites excluding steroid dienone is 2. The van der Waals surface area contributed by atoms with Crippen LogP contribution in [0.25, 0.3) is 0 Å². The van der Waals surface area contributed by atoms with Crippen LogP contribution in [0.5, 0.6) is 17.2 Å². The van der Waals surface area contributed by atoms with Gasteiger partial charge in [0, 0.05) is 50.4 Å². The highest BCUT2D eigenvalue weighted by Crippen LogP contribution is 2.84. The van der Waals surface area contributed by atoms with E-state index in [4.69, 9.17) is 9.47 Å². The highest BCUT2D eigenvalue weighted by molar-refractivity contribution is 5.82. The second-order valence-corrected chi connectivity index (χ2v) is 17.7. The van der Waals surface area contributed by atoms with Crippen LogP contribution in [0.15, 0.2) is 59.7 Å². The largest absolute Gasteiger partial charge is 0.504 e. The van der Waals surface area contributed by atoms with Crippen LogP contribution < -0.4 is 9.47 Å². The zero-order chi connectivity index (χ0) is 32.0. The van der Waals surface area contributed by atoms with Crippen molar-refractivity contribution in [2.24, 2.45) is 16.7 Å². The molecule has 0 amide bonds. The number of carbonyl (C=O) groups is 1. The number of ketones is 1. The van der Waals surface area contributed by atoms with Crippen molar-refractivity contribution in [3.05, 3.63) is 87.5 Å². The number of phenols is 1. The molecule has 3 saturated carbocycles. The van der Waals surface area contributed by atoms with Gasteiger partial charge in [0.25, 0.3) is 0 Å². The van der Waals surface area contributed by atoms with Crippen LogP contribution in [0.4, 0.5) is 0 Å². The van der Waals surface area contributed by atoms with E-state index in [0.29, 0.717) is 29.2 Å². The summed E-state index contributed by atoms with van der Waals surface area (Å²) < 4.78 is 13.1. The van der Waals surface area contributed by atoms with E-state index in [-0.39, 0.29) is 45.3 Å². The third kappa shape index (κ3) is 2.31. The fourth-order valence-electron chi connectivity index (χ4n) is 14.6. The first-order chi connectivity index (χ1) is 22.4. The first-order valence-electron chi connectivity index (χ1n) is 17.8. The number of fused-ring (bicyclic) bond motifs is 2. The summed E-state index contributed by atoms with van der Waals surface area (Å²) >= 11 is 0. The number of aromatic hydroxyl groups is 1. The Morgan fingerprint density at radius 1 is 0.915 bits per heavy atom. The predicted molar refractivity (Wildman–Crippen MR) is 177 cm³/mol. The number of likely N-dealkylation sites (tertiary alicyclic amines) is 2. The van der Waals surface area contributed by atoms with Gasteiger partial charge in [0.05, 0.1) is 11.5 Å². The van der Waals surface area contributed by atoms with Crippen molar-refractivity contribution in [1.29, 1.82) is 0 Å². The predicted octanol–water partition coefficient (Wildman–Crippen LogP) is 5.47. The normalized spacial score (nSPS) is 51.3. The second-order valence-electron chi connectivity index (χ2n) is 17.7. The quantitative estimate of drug-likeness (QED) is 0.335. The lowest BCUT2D eigenvalue weighted by atomic mass is 9.40. The fraction of sp³-hybridized carbons (Fsp3) is 0.537. The molecule has 6 heteroatoms. The Bertz CT molecular complexity index is 2080. The number of benzene rings is 2. The minimum Gasteiger partial charge on any atom is -0.504 e. The van der Waals surface area contributed by atoms with E-state index in [2.05, 4.69) is 87.2 Å². The minimum absolute atomic E-state index is 0.00231. The number of hydrogen-bond donors (Lipinski definition) is 1. The van der Waals surface area contributed by atoms with Crippen LogP contribution in [0, 0.1) is 23.7 Å². The molecular formula is C41H42N2O4. The van der Waals surface area contributed by atoms with Gasteiger partial charge in [-0.15, -0.1) is 0 Å². The number of aryl methyl sites for hydroxylation is 1. The lowest BCUT2D eigenvalue weighted by molar-refractivity contribution is -0.144. The number of Topliss-reactive ketones (excluding diaryl/α,β-unsaturated/α-hetero) is 1. The number of likely N-dealkylation sites (N-methyl/N-ethyl adjacent to an activating group) is 2. The van der Waals surface area contributed by atoms with Gasteiger partial charge in [0.2, 0.25) is 0 Å². The summed E-state index contributed by atoms with van der Waals surface area (Å²) in [6.45, 7) is 8.42. The molecule has 8 aliphatic carbocycles. The summed E-state index contributed by atoms with van der Waals surface area (Å²) in [6.07, 6.45) is 15.2. The SMILES string of the molecule is CC(=O)C1CC23C=CC1(C)C1Oc4c(C)ccc5c4[C@@]12C[C@]1(C5)[C@H]3N1C.CC1=CC=C2[C@@H]3N(C)[C@@]34Cc3ccc(O)c5c3[C@@]2(C4)C1O5. The molecule has 5 fully saturated rings. The summed E-state index contributed by atoms with van der Waals surface area (Å²) in [6, 6.07) is 9.65. The maximum Gasteiger partial charge on any atom is 0.166 e. The van der Waals surface area contributed by atoms with Gasteiger partial charge in [-0.1, -0.05) is 49.4 Å². The topological polar surface area (TPSA) is 61.8 Å². The molecule has 4 heterocycles. The van der Waals surface area contributed by atoms with Gasteiger partial charge in [-0.3, -0.25) is 14.6 Å². The molecule has 14 rings (SSSR count). The van der Waals surface area contributed by atoms with Crippen molar-refractivity contribution >= 4 is 5.78 Å². The zero-order valence-electron chi connectivity index (χ0n) is 28.1. The number of piperidine rings is 2. The average molecular weight is 627 g/mol. The monoisotopic (exact) mass is 626 g/mol. The van der Waals surface area contributed by atoms with Crippen molar-refractivity contribution in [2.75, 3.05) is 14.1 Å². The molecule has 13 atom stereocenters. The molecule has 47 heavy (non-hydrogen) atoms. The third-order valence-corrected chi connectivity index (χ3v) is 16.3. The molecule has 2 aromatic rings. The van der Waals surface area contributed by atoms with Crippen molar-refractivity contribution in [3.8, 4) is 17.2 Å². The minimum atomic E-state index is -0.190. The van der Waals surface area contributed by atoms with E-state index < -0.39 is 0 Å². The van der Waals surface area contributed by atoms with E-state index in [9.17, 15) is 9.90 Å². The van der Waals surface area contributed by atoms with Crippen LogP contribution in [0.2, 0.25) is 0 Å². The molecule has 12 aliphatic rings. The van der Waals surface area contributed by atoms with Crippen LogP contribution in [0.3, 0.4) is 0 Å². The van der Waals surface area contributed by atoms with Crippen LogP contribution in [-0.4, -0.2) is 70.2 Å². The summed E-state index contributed by atoms with van der Waals surface area (Å²) in [5.41, 5.74) is 10.3. The van der Waals surface area contributed by atoms with E-state index in [1.807, 2.05) is 6.07 Å². The molecule has 2 saturated heterocycles. The van der Waals surface area contributed by atoms with Crippen molar-refractivity contribution < 1.29 is 19.4 Å². The van der Waals surface area contributed by atoms with Gasteiger partial charge in [0.15, 0.2) is 11.5 Å². The van der Waals surface area contributed by atoms with Gasteiger partial charge in [-0.2, -0.15) is 0 Å². The highest BCUT2D eigenvalue weighted by Gasteiger charge is 2.89. The third-order valence-electron chi connectivity index (χ3n) is 16.3. The Labute approximate surface area is 276 Å². The molecule has 0 aromatic heterocycles. The molecule has 6 bridgehead atoms. The number of hydrogen-bond acceptors (Lipinski definition) is 6. The van der Waals surface area contributed by atoms with Gasteiger partial charge in [-0.05, 0) is 101 Å². The van der Waals surface area contributed by atoms with Crippen molar-refractivity contribution in [1.82, 2.24) is 9.80 Å². The first kappa shape index (κ1) is 26.6.